The van der Waals surface area contributed by atoms with Crippen LogP contribution in [0.2, 0.25) is 0 Å². The lowest BCUT2D eigenvalue weighted by atomic mass is 9.96. The standard InChI is InChI=1S/C14H15NO3/c1-17-10-7-9-5-6-15-11(3-4-13(15)16)14(9)12(8-10)18-2/h3,7-8H,4-6H2,1-2H3. The fourth-order valence-electron chi connectivity index (χ4n) is 2.67. The minimum absolute atomic E-state index is 0.175. The van der Waals surface area contributed by atoms with Gasteiger partial charge in [0.2, 0.25) is 5.91 Å². The van der Waals surface area contributed by atoms with Gasteiger partial charge >= 0.3 is 0 Å². The molecule has 2 aliphatic heterocycles. The van der Waals surface area contributed by atoms with Gasteiger partial charge < -0.3 is 14.4 Å². The van der Waals surface area contributed by atoms with Crippen molar-refractivity contribution < 1.29 is 14.3 Å². The fraction of sp³-hybridized carbons (Fsp3) is 0.357. The fourth-order valence-corrected chi connectivity index (χ4v) is 2.67. The average Bonchev–Trinajstić information content (AvgIpc) is 2.79. The highest BCUT2D eigenvalue weighted by Crippen LogP contribution is 2.41. The van der Waals surface area contributed by atoms with E-state index in [-0.39, 0.29) is 5.91 Å². The predicted octanol–water partition coefficient (Wildman–Crippen LogP) is 1.83. The summed E-state index contributed by atoms with van der Waals surface area (Å²) in [5.41, 5.74) is 3.21. The Bertz CT molecular complexity index is 531. The second kappa shape index (κ2) is 4.05. The SMILES string of the molecule is COc1cc2c(c(OC)c1)C1=CCC(=O)N1CC2. The number of amides is 1. The molecule has 1 amide bonds. The number of carbonyl (C=O) groups is 1. The summed E-state index contributed by atoms with van der Waals surface area (Å²) in [7, 11) is 3.29. The highest BCUT2D eigenvalue weighted by molar-refractivity contribution is 5.96. The van der Waals surface area contributed by atoms with Crippen LogP contribution in [0.1, 0.15) is 17.5 Å². The number of hydrogen-bond donors (Lipinski definition) is 0. The van der Waals surface area contributed by atoms with Gasteiger partial charge in [0.1, 0.15) is 11.5 Å². The van der Waals surface area contributed by atoms with E-state index in [1.54, 1.807) is 14.2 Å². The van der Waals surface area contributed by atoms with Crippen LogP contribution in [-0.4, -0.2) is 31.6 Å². The maximum absolute atomic E-state index is 11.7. The van der Waals surface area contributed by atoms with Gasteiger partial charge in [0, 0.05) is 24.6 Å². The molecule has 0 unspecified atom stereocenters. The molecule has 0 saturated heterocycles. The third kappa shape index (κ3) is 1.49. The number of benzene rings is 1. The van der Waals surface area contributed by atoms with Crippen molar-refractivity contribution >= 4 is 11.6 Å². The van der Waals surface area contributed by atoms with Gasteiger partial charge in [-0.2, -0.15) is 0 Å². The van der Waals surface area contributed by atoms with E-state index in [9.17, 15) is 4.79 Å². The number of fused-ring (bicyclic) bond motifs is 3. The van der Waals surface area contributed by atoms with Crippen molar-refractivity contribution in [3.05, 3.63) is 29.3 Å². The largest absolute Gasteiger partial charge is 0.497 e. The summed E-state index contributed by atoms with van der Waals surface area (Å²) in [4.78, 5) is 13.6. The lowest BCUT2D eigenvalue weighted by Gasteiger charge is -2.29. The summed E-state index contributed by atoms with van der Waals surface area (Å²) in [5, 5.41) is 0. The minimum Gasteiger partial charge on any atom is -0.497 e. The van der Waals surface area contributed by atoms with E-state index < -0.39 is 0 Å². The zero-order chi connectivity index (χ0) is 12.7. The van der Waals surface area contributed by atoms with E-state index in [1.807, 2.05) is 23.1 Å². The van der Waals surface area contributed by atoms with E-state index >= 15 is 0 Å². The Kier molecular flexibility index (Phi) is 2.51. The maximum atomic E-state index is 11.7. The number of ether oxygens (including phenoxy) is 2. The second-order valence-electron chi connectivity index (χ2n) is 4.45. The molecule has 4 nitrogen and oxygen atoms in total. The molecule has 2 heterocycles. The molecule has 1 aromatic carbocycles. The van der Waals surface area contributed by atoms with Crippen LogP contribution in [0, 0.1) is 0 Å². The number of carbonyl (C=O) groups excluding carboxylic acids is 1. The van der Waals surface area contributed by atoms with Crippen molar-refractivity contribution in [2.75, 3.05) is 20.8 Å². The minimum atomic E-state index is 0.175. The smallest absolute Gasteiger partial charge is 0.230 e. The predicted molar refractivity (Wildman–Crippen MR) is 67.6 cm³/mol. The van der Waals surface area contributed by atoms with E-state index in [0.717, 1.165) is 35.7 Å². The van der Waals surface area contributed by atoms with E-state index in [1.165, 1.54) is 5.56 Å². The third-order valence-electron chi connectivity index (χ3n) is 3.54. The van der Waals surface area contributed by atoms with Gasteiger partial charge in [-0.3, -0.25) is 4.79 Å². The maximum Gasteiger partial charge on any atom is 0.230 e. The van der Waals surface area contributed by atoms with Crippen LogP contribution in [0.15, 0.2) is 18.2 Å². The zero-order valence-corrected chi connectivity index (χ0v) is 10.5. The zero-order valence-electron chi connectivity index (χ0n) is 10.5. The number of hydrogen-bond acceptors (Lipinski definition) is 3. The van der Waals surface area contributed by atoms with Gasteiger partial charge in [-0.25, -0.2) is 0 Å². The van der Waals surface area contributed by atoms with Crippen LogP contribution in [0.5, 0.6) is 11.5 Å². The molecule has 0 saturated carbocycles. The Labute approximate surface area is 106 Å². The van der Waals surface area contributed by atoms with Crippen molar-refractivity contribution in [3.63, 3.8) is 0 Å². The highest BCUT2D eigenvalue weighted by Gasteiger charge is 2.32. The van der Waals surface area contributed by atoms with Crippen LogP contribution in [0.25, 0.3) is 5.70 Å². The normalized spacial score (nSPS) is 17.1. The van der Waals surface area contributed by atoms with E-state index in [4.69, 9.17) is 9.47 Å². The summed E-state index contributed by atoms with van der Waals surface area (Å²) in [6.45, 7) is 0.744. The van der Waals surface area contributed by atoms with Crippen LogP contribution in [0.3, 0.4) is 0 Å². The van der Waals surface area contributed by atoms with Crippen molar-refractivity contribution in [3.8, 4) is 11.5 Å². The summed E-state index contributed by atoms with van der Waals surface area (Å²) in [6, 6.07) is 3.89. The lowest BCUT2D eigenvalue weighted by Crippen LogP contribution is -2.31. The summed E-state index contributed by atoms with van der Waals surface area (Å²) >= 11 is 0. The van der Waals surface area contributed by atoms with Gasteiger partial charge in [0.05, 0.1) is 19.9 Å². The first-order chi connectivity index (χ1) is 8.74. The molecule has 18 heavy (non-hydrogen) atoms. The van der Waals surface area contributed by atoms with Crippen LogP contribution >= 0.6 is 0 Å². The number of rotatable bonds is 2. The summed E-state index contributed by atoms with van der Waals surface area (Å²) in [5.74, 6) is 1.74. The van der Waals surface area contributed by atoms with E-state index in [2.05, 4.69) is 0 Å². The Morgan fingerprint density at radius 1 is 1.22 bits per heavy atom. The molecule has 3 rings (SSSR count). The molecule has 94 valence electrons. The van der Waals surface area contributed by atoms with Gasteiger partial charge in [-0.1, -0.05) is 6.08 Å². The Morgan fingerprint density at radius 2 is 2.06 bits per heavy atom. The van der Waals surface area contributed by atoms with Gasteiger partial charge in [0.15, 0.2) is 0 Å². The van der Waals surface area contributed by atoms with Crippen molar-refractivity contribution in [2.45, 2.75) is 12.8 Å². The molecular formula is C14H15NO3. The van der Waals surface area contributed by atoms with Crippen molar-refractivity contribution in [2.24, 2.45) is 0 Å². The van der Waals surface area contributed by atoms with Gasteiger partial charge in [0.25, 0.3) is 0 Å². The summed E-state index contributed by atoms with van der Waals surface area (Å²) < 4.78 is 10.7. The first kappa shape index (κ1) is 11.1. The molecule has 0 radical (unpaired) electrons. The molecule has 0 bridgehead atoms. The monoisotopic (exact) mass is 245 g/mol. The Balaban J connectivity index is 2.16. The van der Waals surface area contributed by atoms with Crippen molar-refractivity contribution in [1.82, 2.24) is 4.90 Å². The third-order valence-corrected chi connectivity index (χ3v) is 3.54. The molecule has 1 aromatic rings. The van der Waals surface area contributed by atoms with E-state index in [0.29, 0.717) is 6.42 Å². The molecule has 0 atom stereocenters. The molecule has 2 aliphatic rings. The highest BCUT2D eigenvalue weighted by atomic mass is 16.5. The molecule has 4 heteroatoms. The first-order valence-corrected chi connectivity index (χ1v) is 6.00. The lowest BCUT2D eigenvalue weighted by molar-refractivity contribution is -0.126. The Hall–Kier alpha value is -1.97. The molecule has 0 spiro atoms. The molecule has 0 N–H and O–H groups in total. The quantitative estimate of drug-likeness (QED) is 0.798. The van der Waals surface area contributed by atoms with Crippen LogP contribution in [0.4, 0.5) is 0 Å². The number of nitrogens with zero attached hydrogens (tertiary/aromatic N) is 1. The molecule has 0 fully saturated rings. The van der Waals surface area contributed by atoms with Crippen LogP contribution < -0.4 is 9.47 Å². The topological polar surface area (TPSA) is 38.8 Å². The Morgan fingerprint density at radius 3 is 2.78 bits per heavy atom. The van der Waals surface area contributed by atoms with Gasteiger partial charge in [-0.15, -0.1) is 0 Å². The average molecular weight is 245 g/mol. The van der Waals surface area contributed by atoms with Crippen molar-refractivity contribution in [1.29, 1.82) is 0 Å². The molecular weight excluding hydrogens is 230 g/mol. The van der Waals surface area contributed by atoms with Crippen LogP contribution in [-0.2, 0) is 11.2 Å². The molecule has 0 aliphatic carbocycles. The second-order valence-corrected chi connectivity index (χ2v) is 4.45. The first-order valence-electron chi connectivity index (χ1n) is 6.00. The molecule has 0 aromatic heterocycles. The summed E-state index contributed by atoms with van der Waals surface area (Å²) in [6.07, 6.45) is 3.31. The van der Waals surface area contributed by atoms with Gasteiger partial charge in [-0.05, 0) is 18.1 Å². The number of methoxy groups -OCH3 is 2.